The van der Waals surface area contributed by atoms with E-state index in [1.807, 2.05) is 69.4 Å². The quantitative estimate of drug-likeness (QED) is 0.496. The Morgan fingerprint density at radius 3 is 2.57 bits per heavy atom. The number of aryl methyl sites for hydroxylation is 2. The summed E-state index contributed by atoms with van der Waals surface area (Å²) in [7, 11) is 1.84. The summed E-state index contributed by atoms with van der Waals surface area (Å²) >= 11 is 0. The number of hydrogen-bond donors (Lipinski definition) is 0. The van der Waals surface area contributed by atoms with Crippen LogP contribution in [0.1, 0.15) is 40.7 Å². The Morgan fingerprint density at radius 2 is 1.83 bits per heavy atom. The van der Waals surface area contributed by atoms with Gasteiger partial charge in [0.15, 0.2) is 0 Å². The maximum Gasteiger partial charge on any atom is 0.252 e. The number of benzene rings is 1. The van der Waals surface area contributed by atoms with Gasteiger partial charge >= 0.3 is 0 Å². The van der Waals surface area contributed by atoms with E-state index in [0.29, 0.717) is 18.6 Å². The zero-order valence-corrected chi connectivity index (χ0v) is 17.4. The van der Waals surface area contributed by atoms with Crippen LogP contribution in [0.15, 0.2) is 61.1 Å². The van der Waals surface area contributed by atoms with Crippen LogP contribution >= 0.6 is 0 Å². The number of pyridine rings is 1. The lowest BCUT2D eigenvalue weighted by atomic mass is 10.0. The molecule has 0 saturated carbocycles. The van der Waals surface area contributed by atoms with Crippen LogP contribution in [0.3, 0.4) is 0 Å². The lowest BCUT2D eigenvalue weighted by Gasteiger charge is -2.28. The topological polar surface area (TPSA) is 76.3 Å². The number of carbonyl (C=O) groups excluding carboxylic acids is 1. The molecule has 0 aliphatic heterocycles. The fourth-order valence-corrected chi connectivity index (χ4v) is 3.84. The van der Waals surface area contributed by atoms with Crippen molar-refractivity contribution in [2.45, 2.75) is 32.7 Å². The Hall–Kier alpha value is -3.61. The van der Waals surface area contributed by atoms with Gasteiger partial charge < -0.3 is 4.90 Å². The van der Waals surface area contributed by atoms with E-state index in [2.05, 4.69) is 20.1 Å². The number of aromatic nitrogens is 5. The molecule has 0 fully saturated rings. The zero-order chi connectivity index (χ0) is 21.1. The third-order valence-corrected chi connectivity index (χ3v) is 5.44. The van der Waals surface area contributed by atoms with E-state index in [1.54, 1.807) is 15.6 Å². The lowest BCUT2D eigenvalue weighted by Crippen LogP contribution is -2.32. The molecule has 7 heteroatoms. The molecule has 4 aromatic rings. The van der Waals surface area contributed by atoms with Gasteiger partial charge in [-0.1, -0.05) is 36.4 Å². The number of carbonyl (C=O) groups is 1. The average molecular weight is 400 g/mol. The molecular formula is C23H24N6O. The van der Waals surface area contributed by atoms with Gasteiger partial charge in [0.2, 0.25) is 5.91 Å². The summed E-state index contributed by atoms with van der Waals surface area (Å²) in [5, 5.41) is 4.23. The molecule has 1 atom stereocenters. The zero-order valence-electron chi connectivity index (χ0n) is 17.4. The van der Waals surface area contributed by atoms with E-state index in [-0.39, 0.29) is 11.9 Å². The normalized spacial score (nSPS) is 12.1. The van der Waals surface area contributed by atoms with Gasteiger partial charge in [-0.3, -0.25) is 9.78 Å². The van der Waals surface area contributed by atoms with Gasteiger partial charge in [0.1, 0.15) is 6.33 Å². The first kappa shape index (κ1) is 19.7. The summed E-state index contributed by atoms with van der Waals surface area (Å²) in [6, 6.07) is 15.5. The molecule has 0 aliphatic carbocycles. The summed E-state index contributed by atoms with van der Waals surface area (Å²) in [5.74, 6) is 0.628. The lowest BCUT2D eigenvalue weighted by molar-refractivity contribution is -0.131. The smallest absolute Gasteiger partial charge is 0.252 e. The highest BCUT2D eigenvalue weighted by molar-refractivity contribution is 5.77. The Balaban J connectivity index is 1.57. The summed E-state index contributed by atoms with van der Waals surface area (Å²) in [6.07, 6.45) is 4.22. The van der Waals surface area contributed by atoms with Gasteiger partial charge in [-0.2, -0.15) is 10.1 Å². The van der Waals surface area contributed by atoms with E-state index in [4.69, 9.17) is 0 Å². The van der Waals surface area contributed by atoms with Gasteiger partial charge in [0.25, 0.3) is 5.78 Å². The van der Waals surface area contributed by atoms with Crippen molar-refractivity contribution >= 4 is 11.7 Å². The number of fused-ring (bicyclic) bond motifs is 1. The molecular weight excluding hydrogens is 376 g/mol. The second kappa shape index (κ2) is 8.41. The van der Waals surface area contributed by atoms with E-state index in [0.717, 1.165) is 28.2 Å². The molecule has 0 radical (unpaired) electrons. The third kappa shape index (κ3) is 3.78. The van der Waals surface area contributed by atoms with Crippen LogP contribution in [-0.2, 0) is 11.2 Å². The third-order valence-electron chi connectivity index (χ3n) is 5.44. The number of nitrogens with zero attached hydrogens (tertiary/aromatic N) is 6. The van der Waals surface area contributed by atoms with Crippen molar-refractivity contribution in [1.82, 2.24) is 29.5 Å². The molecule has 1 amide bonds. The monoisotopic (exact) mass is 400 g/mol. The highest BCUT2D eigenvalue weighted by Gasteiger charge is 2.24. The minimum absolute atomic E-state index is 0.0481. The Bertz CT molecular complexity index is 1120. The standard InChI is InChI=1S/C23H24N6O/c1-16-19(17(2)29-23(27-16)25-15-26-29)12-13-21(30)28(3)22(18-9-5-4-6-10-18)20-11-7-8-14-24-20/h4-11,14-15,22H,12-13H2,1-3H3. The number of amides is 1. The molecule has 0 aliphatic rings. The predicted molar refractivity (Wildman–Crippen MR) is 114 cm³/mol. The highest BCUT2D eigenvalue weighted by atomic mass is 16.2. The summed E-state index contributed by atoms with van der Waals surface area (Å²) in [4.78, 5) is 28.1. The number of hydrogen-bond acceptors (Lipinski definition) is 5. The molecule has 30 heavy (non-hydrogen) atoms. The molecule has 0 saturated heterocycles. The first-order valence-electron chi connectivity index (χ1n) is 9.93. The van der Waals surface area contributed by atoms with Crippen LogP contribution in [0.4, 0.5) is 0 Å². The van der Waals surface area contributed by atoms with Crippen molar-refractivity contribution in [2.24, 2.45) is 0 Å². The van der Waals surface area contributed by atoms with Crippen LogP contribution in [0.25, 0.3) is 5.78 Å². The maximum atomic E-state index is 13.2. The van der Waals surface area contributed by atoms with Crippen LogP contribution in [0, 0.1) is 13.8 Å². The van der Waals surface area contributed by atoms with E-state index >= 15 is 0 Å². The largest absolute Gasteiger partial charge is 0.333 e. The minimum atomic E-state index is -0.238. The van der Waals surface area contributed by atoms with Gasteiger partial charge in [0, 0.05) is 31.1 Å². The first-order valence-corrected chi connectivity index (χ1v) is 9.93. The van der Waals surface area contributed by atoms with Crippen LogP contribution in [0.2, 0.25) is 0 Å². The Labute approximate surface area is 175 Å². The molecule has 1 unspecified atom stereocenters. The van der Waals surface area contributed by atoms with Crippen LogP contribution < -0.4 is 0 Å². The SMILES string of the molecule is Cc1nc2ncnn2c(C)c1CCC(=O)N(C)C(c1ccccc1)c1ccccn1. The predicted octanol–water partition coefficient (Wildman–Crippen LogP) is 3.32. The maximum absolute atomic E-state index is 13.2. The molecule has 0 spiro atoms. The second-order valence-electron chi connectivity index (χ2n) is 7.31. The van der Waals surface area contributed by atoms with Crippen molar-refractivity contribution in [3.05, 3.63) is 89.3 Å². The minimum Gasteiger partial charge on any atom is -0.333 e. The van der Waals surface area contributed by atoms with Gasteiger partial charge in [0.05, 0.1) is 11.7 Å². The van der Waals surface area contributed by atoms with Gasteiger partial charge in [-0.15, -0.1) is 0 Å². The van der Waals surface area contributed by atoms with Crippen LogP contribution in [-0.4, -0.2) is 42.4 Å². The summed E-state index contributed by atoms with van der Waals surface area (Å²) in [5.41, 5.74) is 4.76. The second-order valence-corrected chi connectivity index (χ2v) is 7.31. The molecule has 152 valence electrons. The van der Waals surface area contributed by atoms with Gasteiger partial charge in [-0.05, 0) is 43.5 Å². The molecule has 0 bridgehead atoms. The van der Waals surface area contributed by atoms with Crippen molar-refractivity contribution in [1.29, 1.82) is 0 Å². The summed E-state index contributed by atoms with van der Waals surface area (Å²) in [6.45, 7) is 3.94. The average Bonchev–Trinajstić information content (AvgIpc) is 3.23. The fourth-order valence-electron chi connectivity index (χ4n) is 3.84. The summed E-state index contributed by atoms with van der Waals surface area (Å²) < 4.78 is 1.72. The number of rotatable bonds is 6. The molecule has 0 N–H and O–H groups in total. The molecule has 7 nitrogen and oxygen atoms in total. The van der Waals surface area contributed by atoms with Crippen LogP contribution in [0.5, 0.6) is 0 Å². The Morgan fingerprint density at radius 1 is 1.07 bits per heavy atom. The molecule has 3 aromatic heterocycles. The Kier molecular flexibility index (Phi) is 5.52. The van der Waals surface area contributed by atoms with E-state index in [9.17, 15) is 4.79 Å². The molecule has 3 heterocycles. The molecule has 1 aromatic carbocycles. The van der Waals surface area contributed by atoms with Crippen molar-refractivity contribution < 1.29 is 4.79 Å². The van der Waals surface area contributed by atoms with E-state index in [1.165, 1.54) is 6.33 Å². The van der Waals surface area contributed by atoms with Crippen molar-refractivity contribution in [3.63, 3.8) is 0 Å². The fraction of sp³-hybridized carbons (Fsp3) is 0.261. The molecule has 4 rings (SSSR count). The van der Waals surface area contributed by atoms with Gasteiger partial charge in [-0.25, -0.2) is 9.50 Å². The van der Waals surface area contributed by atoms with E-state index < -0.39 is 0 Å². The van der Waals surface area contributed by atoms with Crippen molar-refractivity contribution in [2.75, 3.05) is 7.05 Å². The van der Waals surface area contributed by atoms with Crippen molar-refractivity contribution in [3.8, 4) is 0 Å². The highest BCUT2D eigenvalue weighted by Crippen LogP contribution is 2.27. The first-order chi connectivity index (χ1) is 14.6.